The van der Waals surface area contributed by atoms with Gasteiger partial charge in [0.15, 0.2) is 0 Å². The molecule has 2 atom stereocenters. The maximum absolute atomic E-state index is 11.3. The number of carbonyl (C=O) groups is 1. The van der Waals surface area contributed by atoms with E-state index in [1.165, 1.54) is 36.9 Å². The number of nitrogens with one attached hydrogen (secondary N) is 1. The largest absolute Gasteiger partial charge is 0.382 e. The van der Waals surface area contributed by atoms with Crippen LogP contribution < -0.4 is 5.32 Å². The van der Waals surface area contributed by atoms with Crippen LogP contribution in [0.5, 0.6) is 0 Å². The van der Waals surface area contributed by atoms with Crippen LogP contribution in [0.15, 0.2) is 24.3 Å². The van der Waals surface area contributed by atoms with Crippen LogP contribution in [0.2, 0.25) is 0 Å². The minimum absolute atomic E-state index is 0.101. The van der Waals surface area contributed by atoms with Crippen LogP contribution in [0.25, 0.3) is 0 Å². The number of hydrogen-bond donors (Lipinski definition) is 1. The van der Waals surface area contributed by atoms with Crippen molar-refractivity contribution in [1.29, 1.82) is 0 Å². The average Bonchev–Trinajstić information content (AvgIpc) is 2.39. The van der Waals surface area contributed by atoms with Crippen molar-refractivity contribution in [2.75, 3.05) is 12.4 Å². The highest BCUT2D eigenvalue weighted by atomic mass is 16.2. The van der Waals surface area contributed by atoms with E-state index in [0.29, 0.717) is 12.6 Å². The number of anilines is 1. The zero-order valence-corrected chi connectivity index (χ0v) is 12.9. The minimum atomic E-state index is 0.101. The molecule has 0 bridgehead atoms. The Balaban J connectivity index is 1.97. The lowest BCUT2D eigenvalue weighted by molar-refractivity contribution is -0.128. The van der Waals surface area contributed by atoms with E-state index in [1.807, 2.05) is 7.05 Å². The second-order valence-electron chi connectivity index (χ2n) is 6.19. The predicted molar refractivity (Wildman–Crippen MR) is 83.6 cm³/mol. The molecule has 2 rings (SSSR count). The quantitative estimate of drug-likeness (QED) is 0.909. The summed E-state index contributed by atoms with van der Waals surface area (Å²) < 4.78 is 0. The highest BCUT2D eigenvalue weighted by Gasteiger charge is 2.18. The van der Waals surface area contributed by atoms with Gasteiger partial charge in [-0.05, 0) is 36.5 Å². The molecule has 1 aromatic carbocycles. The molecule has 1 fully saturated rings. The monoisotopic (exact) mass is 274 g/mol. The zero-order valence-electron chi connectivity index (χ0n) is 12.9. The predicted octanol–water partition coefficient (Wildman–Crippen LogP) is 3.66. The van der Waals surface area contributed by atoms with E-state index in [-0.39, 0.29) is 5.91 Å². The lowest BCUT2D eigenvalue weighted by atomic mass is 9.87. The third-order valence-electron chi connectivity index (χ3n) is 4.19. The third-order valence-corrected chi connectivity index (χ3v) is 4.19. The standard InChI is InChI=1S/C17H26N2O/c1-13-6-4-8-16(10-13)18-17-9-5-7-15(11-17)12-19(3)14(2)20/h5,7,9,11,13,16,18H,4,6,8,10,12H2,1-3H3. The van der Waals surface area contributed by atoms with Crippen molar-refractivity contribution in [1.82, 2.24) is 4.90 Å². The fourth-order valence-corrected chi connectivity index (χ4v) is 2.95. The first kappa shape index (κ1) is 14.9. The normalized spacial score (nSPS) is 22.4. The Morgan fingerprint density at radius 1 is 1.40 bits per heavy atom. The first-order valence-corrected chi connectivity index (χ1v) is 7.62. The third kappa shape index (κ3) is 4.26. The summed E-state index contributed by atoms with van der Waals surface area (Å²) in [5.74, 6) is 0.928. The summed E-state index contributed by atoms with van der Waals surface area (Å²) in [6, 6.07) is 9.03. The van der Waals surface area contributed by atoms with Gasteiger partial charge in [-0.1, -0.05) is 31.9 Å². The van der Waals surface area contributed by atoms with Crippen LogP contribution in [0.1, 0.15) is 45.1 Å². The van der Waals surface area contributed by atoms with Gasteiger partial charge in [-0.3, -0.25) is 4.79 Å². The fraction of sp³-hybridized carbons (Fsp3) is 0.588. The van der Waals surface area contributed by atoms with Gasteiger partial charge in [0.1, 0.15) is 0 Å². The van der Waals surface area contributed by atoms with Gasteiger partial charge >= 0.3 is 0 Å². The molecule has 3 nitrogen and oxygen atoms in total. The van der Waals surface area contributed by atoms with E-state index < -0.39 is 0 Å². The zero-order chi connectivity index (χ0) is 14.5. The second-order valence-corrected chi connectivity index (χ2v) is 6.19. The van der Waals surface area contributed by atoms with Gasteiger partial charge in [0.2, 0.25) is 5.91 Å². The van der Waals surface area contributed by atoms with Gasteiger partial charge in [0.05, 0.1) is 0 Å². The molecule has 0 spiro atoms. The number of hydrogen-bond acceptors (Lipinski definition) is 2. The van der Waals surface area contributed by atoms with Crippen LogP contribution in [0, 0.1) is 5.92 Å². The van der Waals surface area contributed by atoms with E-state index >= 15 is 0 Å². The first-order valence-electron chi connectivity index (χ1n) is 7.62. The molecule has 0 aliphatic heterocycles. The van der Waals surface area contributed by atoms with Crippen molar-refractivity contribution < 1.29 is 4.79 Å². The van der Waals surface area contributed by atoms with E-state index in [2.05, 4.69) is 36.5 Å². The summed E-state index contributed by atoms with van der Waals surface area (Å²) in [5, 5.41) is 3.65. The summed E-state index contributed by atoms with van der Waals surface area (Å²) in [7, 11) is 1.84. The van der Waals surface area contributed by atoms with Crippen LogP contribution in [0.3, 0.4) is 0 Å². The number of rotatable bonds is 4. The molecule has 1 aromatic rings. The van der Waals surface area contributed by atoms with E-state index in [9.17, 15) is 4.79 Å². The molecular weight excluding hydrogens is 248 g/mol. The van der Waals surface area contributed by atoms with Crippen molar-refractivity contribution in [2.45, 2.75) is 52.1 Å². The SMILES string of the molecule is CC(=O)N(C)Cc1cccc(NC2CCCC(C)C2)c1. The molecule has 2 unspecified atom stereocenters. The topological polar surface area (TPSA) is 32.3 Å². The average molecular weight is 274 g/mol. The van der Waals surface area contributed by atoms with Crippen LogP contribution >= 0.6 is 0 Å². The van der Waals surface area contributed by atoms with Gasteiger partial charge in [-0.2, -0.15) is 0 Å². The minimum Gasteiger partial charge on any atom is -0.382 e. The van der Waals surface area contributed by atoms with Gasteiger partial charge in [0.25, 0.3) is 0 Å². The van der Waals surface area contributed by atoms with Crippen LogP contribution in [0.4, 0.5) is 5.69 Å². The summed E-state index contributed by atoms with van der Waals surface area (Å²) in [6.45, 7) is 4.61. The van der Waals surface area contributed by atoms with Crippen LogP contribution in [-0.2, 0) is 11.3 Å². The Morgan fingerprint density at radius 3 is 2.90 bits per heavy atom. The van der Waals surface area contributed by atoms with E-state index in [4.69, 9.17) is 0 Å². The Labute approximate surface area is 122 Å². The molecule has 1 aliphatic rings. The van der Waals surface area contributed by atoms with Gasteiger partial charge in [-0.15, -0.1) is 0 Å². The molecule has 0 radical (unpaired) electrons. The lowest BCUT2D eigenvalue weighted by Crippen LogP contribution is -2.26. The van der Waals surface area contributed by atoms with E-state index in [0.717, 1.165) is 5.92 Å². The number of carbonyl (C=O) groups excluding carboxylic acids is 1. The van der Waals surface area contributed by atoms with Gasteiger partial charge in [-0.25, -0.2) is 0 Å². The van der Waals surface area contributed by atoms with Crippen molar-refractivity contribution in [3.05, 3.63) is 29.8 Å². The Kier molecular flexibility index (Phi) is 5.05. The lowest BCUT2D eigenvalue weighted by Gasteiger charge is -2.28. The summed E-state index contributed by atoms with van der Waals surface area (Å²) in [4.78, 5) is 13.0. The molecule has 3 heteroatoms. The highest BCUT2D eigenvalue weighted by Crippen LogP contribution is 2.26. The Morgan fingerprint density at radius 2 is 2.20 bits per heavy atom. The van der Waals surface area contributed by atoms with E-state index in [1.54, 1.807) is 11.8 Å². The second kappa shape index (κ2) is 6.78. The van der Waals surface area contributed by atoms with Gasteiger partial charge < -0.3 is 10.2 Å². The first-order chi connectivity index (χ1) is 9.54. The Bertz CT molecular complexity index is 458. The maximum atomic E-state index is 11.3. The molecule has 110 valence electrons. The molecule has 0 heterocycles. The molecule has 20 heavy (non-hydrogen) atoms. The molecule has 0 aromatic heterocycles. The Hall–Kier alpha value is -1.51. The van der Waals surface area contributed by atoms with Crippen LogP contribution in [-0.4, -0.2) is 23.9 Å². The van der Waals surface area contributed by atoms with Crippen molar-refractivity contribution in [2.24, 2.45) is 5.92 Å². The summed E-state index contributed by atoms with van der Waals surface area (Å²) in [5.41, 5.74) is 2.36. The number of amides is 1. The molecule has 1 amide bonds. The summed E-state index contributed by atoms with van der Waals surface area (Å²) >= 11 is 0. The molecule has 1 saturated carbocycles. The molecule has 0 saturated heterocycles. The molecular formula is C17H26N2O. The van der Waals surface area contributed by atoms with Crippen molar-refractivity contribution in [3.63, 3.8) is 0 Å². The smallest absolute Gasteiger partial charge is 0.219 e. The fourth-order valence-electron chi connectivity index (χ4n) is 2.95. The van der Waals surface area contributed by atoms with Gasteiger partial charge in [0, 0.05) is 32.2 Å². The van der Waals surface area contributed by atoms with Crippen molar-refractivity contribution in [3.8, 4) is 0 Å². The highest BCUT2D eigenvalue weighted by molar-refractivity contribution is 5.72. The molecule has 1 aliphatic carbocycles. The maximum Gasteiger partial charge on any atom is 0.219 e. The number of benzene rings is 1. The summed E-state index contributed by atoms with van der Waals surface area (Å²) in [6.07, 6.45) is 5.21. The molecule has 1 N–H and O–H groups in total. The number of nitrogens with zero attached hydrogens (tertiary/aromatic N) is 1. The van der Waals surface area contributed by atoms with Crippen molar-refractivity contribution >= 4 is 11.6 Å².